The van der Waals surface area contributed by atoms with Gasteiger partial charge in [-0.2, -0.15) is 0 Å². The first-order chi connectivity index (χ1) is 11.5. The highest BCUT2D eigenvalue weighted by Crippen LogP contribution is 2.18. The van der Waals surface area contributed by atoms with Crippen LogP contribution < -0.4 is 10.1 Å². The van der Waals surface area contributed by atoms with E-state index in [0.717, 1.165) is 4.88 Å². The van der Waals surface area contributed by atoms with E-state index in [4.69, 9.17) is 9.47 Å². The second-order valence-corrected chi connectivity index (χ2v) is 6.11. The van der Waals surface area contributed by atoms with Gasteiger partial charge in [-0.15, -0.1) is 11.3 Å². The molecule has 2 rings (SSSR count). The summed E-state index contributed by atoms with van der Waals surface area (Å²) in [5.74, 6) is -1.42. The van der Waals surface area contributed by atoms with Crippen LogP contribution in [0.5, 0.6) is 5.75 Å². The highest BCUT2D eigenvalue weighted by molar-refractivity contribution is 7.09. The van der Waals surface area contributed by atoms with Crippen LogP contribution in [0, 0.1) is 5.82 Å². The van der Waals surface area contributed by atoms with Gasteiger partial charge in [0.2, 0.25) is 0 Å². The average Bonchev–Trinajstić information content (AvgIpc) is 3.06. The van der Waals surface area contributed by atoms with Gasteiger partial charge in [0.25, 0.3) is 5.91 Å². The number of ether oxygens (including phenoxy) is 2. The zero-order valence-corrected chi connectivity index (χ0v) is 14.2. The van der Waals surface area contributed by atoms with E-state index in [2.05, 4.69) is 5.32 Å². The normalized spacial score (nSPS) is 11.6. The molecule has 128 valence electrons. The highest BCUT2D eigenvalue weighted by Gasteiger charge is 2.18. The van der Waals surface area contributed by atoms with Crippen LogP contribution in [0.4, 0.5) is 4.39 Å². The second-order valence-electron chi connectivity index (χ2n) is 5.07. The monoisotopic (exact) mass is 351 g/mol. The fraction of sp³-hybridized carbons (Fsp3) is 0.294. The molecule has 24 heavy (non-hydrogen) atoms. The molecule has 0 aliphatic rings. The van der Waals surface area contributed by atoms with E-state index < -0.39 is 17.9 Å². The first kappa shape index (κ1) is 17.9. The molecule has 2 aromatic rings. The number of hydrogen-bond donors (Lipinski definition) is 1. The van der Waals surface area contributed by atoms with Crippen molar-refractivity contribution in [3.8, 4) is 5.75 Å². The molecule has 0 bridgehead atoms. The Morgan fingerprint density at radius 1 is 1.33 bits per heavy atom. The third-order valence-electron chi connectivity index (χ3n) is 3.26. The van der Waals surface area contributed by atoms with Crippen LogP contribution in [0.15, 0.2) is 35.7 Å². The van der Waals surface area contributed by atoms with Gasteiger partial charge in [-0.1, -0.05) is 12.1 Å². The fourth-order valence-corrected chi connectivity index (χ4v) is 2.65. The number of methoxy groups -OCH3 is 1. The number of halogens is 1. The Bertz CT molecular complexity index is 703. The number of nitrogens with one attached hydrogen (secondary N) is 1. The largest absolute Gasteiger partial charge is 0.494 e. The minimum absolute atomic E-state index is 0.105. The molecule has 0 saturated carbocycles. The van der Waals surface area contributed by atoms with Gasteiger partial charge in [0.15, 0.2) is 17.7 Å². The van der Waals surface area contributed by atoms with Crippen LogP contribution in [-0.4, -0.2) is 25.1 Å². The lowest BCUT2D eigenvalue weighted by Crippen LogP contribution is -2.35. The zero-order chi connectivity index (χ0) is 17.5. The molecule has 0 saturated heterocycles. The van der Waals surface area contributed by atoms with Crippen LogP contribution in [0.25, 0.3) is 0 Å². The number of esters is 1. The molecule has 0 radical (unpaired) electrons. The average molecular weight is 351 g/mol. The summed E-state index contributed by atoms with van der Waals surface area (Å²) in [5, 5.41) is 4.61. The number of amides is 1. The zero-order valence-electron chi connectivity index (χ0n) is 13.4. The molecule has 1 atom stereocenters. The first-order valence-electron chi connectivity index (χ1n) is 7.31. The second kappa shape index (κ2) is 8.44. The summed E-state index contributed by atoms with van der Waals surface area (Å²) in [4.78, 5) is 24.8. The quantitative estimate of drug-likeness (QED) is 0.779. The fourth-order valence-electron chi connectivity index (χ4n) is 2.01. The molecule has 1 N–H and O–H groups in total. The van der Waals surface area contributed by atoms with Crippen molar-refractivity contribution in [2.24, 2.45) is 0 Å². The Morgan fingerprint density at radius 3 is 2.75 bits per heavy atom. The summed E-state index contributed by atoms with van der Waals surface area (Å²) in [7, 11) is 1.36. The van der Waals surface area contributed by atoms with Gasteiger partial charge in [-0.3, -0.25) is 9.59 Å². The van der Waals surface area contributed by atoms with Crippen LogP contribution in [-0.2, 0) is 27.3 Å². The Hall–Kier alpha value is -2.41. The number of rotatable bonds is 7. The molecular weight excluding hydrogens is 333 g/mol. The van der Waals surface area contributed by atoms with Gasteiger partial charge in [-0.05, 0) is 36.1 Å². The Kier molecular flexibility index (Phi) is 6.31. The van der Waals surface area contributed by atoms with Gasteiger partial charge in [-0.25, -0.2) is 4.39 Å². The molecule has 0 spiro atoms. The molecule has 1 aromatic carbocycles. The van der Waals surface area contributed by atoms with Crippen LogP contribution >= 0.6 is 11.3 Å². The lowest BCUT2D eigenvalue weighted by Gasteiger charge is -2.13. The summed E-state index contributed by atoms with van der Waals surface area (Å²) in [5.41, 5.74) is 0.449. The van der Waals surface area contributed by atoms with E-state index in [-0.39, 0.29) is 18.1 Å². The molecule has 0 aliphatic carbocycles. The molecule has 0 aliphatic heterocycles. The van der Waals surface area contributed by atoms with Crippen molar-refractivity contribution in [1.29, 1.82) is 0 Å². The summed E-state index contributed by atoms with van der Waals surface area (Å²) >= 11 is 1.53. The highest BCUT2D eigenvalue weighted by atomic mass is 32.1. The van der Waals surface area contributed by atoms with Crippen molar-refractivity contribution in [1.82, 2.24) is 5.32 Å². The van der Waals surface area contributed by atoms with Crippen LogP contribution in [0.2, 0.25) is 0 Å². The van der Waals surface area contributed by atoms with E-state index in [1.54, 1.807) is 6.07 Å². The summed E-state index contributed by atoms with van der Waals surface area (Å²) in [6.07, 6.45) is -1.04. The lowest BCUT2D eigenvalue weighted by atomic mass is 10.1. The van der Waals surface area contributed by atoms with Gasteiger partial charge >= 0.3 is 5.97 Å². The maximum Gasteiger partial charge on any atom is 0.311 e. The number of carbonyl (C=O) groups excluding carboxylic acids is 2. The van der Waals surface area contributed by atoms with Crippen molar-refractivity contribution in [3.05, 3.63) is 52.0 Å². The molecule has 5 nitrogen and oxygen atoms in total. The van der Waals surface area contributed by atoms with Crippen LogP contribution in [0.1, 0.15) is 17.4 Å². The van der Waals surface area contributed by atoms with Crippen molar-refractivity contribution in [2.45, 2.75) is 26.0 Å². The predicted octanol–water partition coefficient (Wildman–Crippen LogP) is 2.69. The van der Waals surface area contributed by atoms with Gasteiger partial charge < -0.3 is 14.8 Å². The summed E-state index contributed by atoms with van der Waals surface area (Å²) in [6, 6.07) is 8.02. The molecule has 7 heteroatoms. The SMILES string of the molecule is COc1ccc(CC(=O)O[C@@H](C)C(=O)NCc2cccs2)cc1F. The molecular formula is C17H18FNO4S. The predicted molar refractivity (Wildman–Crippen MR) is 88.4 cm³/mol. The minimum Gasteiger partial charge on any atom is -0.494 e. The third-order valence-corrected chi connectivity index (χ3v) is 4.14. The topological polar surface area (TPSA) is 64.6 Å². The Labute approximate surface area is 143 Å². The maximum absolute atomic E-state index is 13.6. The van der Waals surface area contributed by atoms with Crippen molar-refractivity contribution >= 4 is 23.2 Å². The molecule has 1 heterocycles. The van der Waals surface area contributed by atoms with E-state index >= 15 is 0 Å². The Balaban J connectivity index is 1.82. The summed E-state index contributed by atoms with van der Waals surface area (Å²) in [6.45, 7) is 1.89. The number of benzene rings is 1. The minimum atomic E-state index is -0.916. The molecule has 1 aromatic heterocycles. The summed E-state index contributed by atoms with van der Waals surface area (Å²) < 4.78 is 23.5. The van der Waals surface area contributed by atoms with Gasteiger partial charge in [0.1, 0.15) is 0 Å². The van der Waals surface area contributed by atoms with E-state index in [0.29, 0.717) is 12.1 Å². The molecule has 0 fully saturated rings. The number of hydrogen-bond acceptors (Lipinski definition) is 5. The molecule has 1 amide bonds. The van der Waals surface area contributed by atoms with Crippen molar-refractivity contribution in [3.63, 3.8) is 0 Å². The third kappa shape index (κ3) is 5.06. The standard InChI is InChI=1S/C17H18FNO4S/c1-11(17(21)19-10-13-4-3-7-24-13)23-16(20)9-12-5-6-15(22-2)14(18)8-12/h3-8,11H,9-10H2,1-2H3,(H,19,21)/t11-/m0/s1. The van der Waals surface area contributed by atoms with Gasteiger partial charge in [0, 0.05) is 4.88 Å². The maximum atomic E-state index is 13.6. The van der Waals surface area contributed by atoms with E-state index in [1.165, 1.54) is 37.5 Å². The van der Waals surface area contributed by atoms with E-state index in [9.17, 15) is 14.0 Å². The smallest absolute Gasteiger partial charge is 0.311 e. The van der Waals surface area contributed by atoms with E-state index in [1.807, 2.05) is 17.5 Å². The lowest BCUT2D eigenvalue weighted by molar-refractivity contribution is -0.154. The number of thiophene rings is 1. The van der Waals surface area contributed by atoms with Gasteiger partial charge in [0.05, 0.1) is 20.1 Å². The van der Waals surface area contributed by atoms with Crippen molar-refractivity contribution < 1.29 is 23.5 Å². The molecule has 0 unspecified atom stereocenters. The van der Waals surface area contributed by atoms with Crippen molar-refractivity contribution in [2.75, 3.05) is 7.11 Å². The Morgan fingerprint density at radius 2 is 2.12 bits per heavy atom. The first-order valence-corrected chi connectivity index (χ1v) is 8.19. The number of carbonyl (C=O) groups is 2. The van der Waals surface area contributed by atoms with Crippen LogP contribution in [0.3, 0.4) is 0 Å².